The summed E-state index contributed by atoms with van der Waals surface area (Å²) in [4.78, 5) is 0. The molecule has 9 heavy (non-hydrogen) atoms. The van der Waals surface area contributed by atoms with Crippen LogP contribution < -0.4 is 0 Å². The SMILES string of the molecule is Cl.[CH2-]CC(C)CCC.[Zn]. The van der Waals surface area contributed by atoms with Crippen molar-refractivity contribution in [3.8, 4) is 0 Å². The third kappa shape index (κ3) is 12.2. The van der Waals surface area contributed by atoms with Crippen molar-refractivity contribution < 1.29 is 19.5 Å². The van der Waals surface area contributed by atoms with Gasteiger partial charge in [0.05, 0.1) is 0 Å². The molecule has 1 unspecified atom stereocenters. The van der Waals surface area contributed by atoms with Gasteiger partial charge in [-0.2, -0.15) is 6.42 Å². The molecule has 0 aliphatic carbocycles. The maximum atomic E-state index is 3.80. The first-order chi connectivity index (χ1) is 3.31. The molecule has 0 aromatic carbocycles. The van der Waals surface area contributed by atoms with Crippen molar-refractivity contribution in [2.75, 3.05) is 0 Å². The van der Waals surface area contributed by atoms with E-state index in [-0.39, 0.29) is 31.9 Å². The third-order valence-corrected chi connectivity index (χ3v) is 1.27. The largest absolute Gasteiger partial charge is 0.343 e. The minimum absolute atomic E-state index is 0. The zero-order chi connectivity index (χ0) is 5.70. The van der Waals surface area contributed by atoms with Crippen LogP contribution in [0.1, 0.15) is 33.1 Å². The van der Waals surface area contributed by atoms with Gasteiger partial charge in [0.25, 0.3) is 0 Å². The van der Waals surface area contributed by atoms with Gasteiger partial charge < -0.3 is 6.92 Å². The van der Waals surface area contributed by atoms with Crippen LogP contribution in [0.4, 0.5) is 0 Å². The summed E-state index contributed by atoms with van der Waals surface area (Å²) in [5, 5.41) is 0. The minimum atomic E-state index is 0. The number of rotatable bonds is 3. The third-order valence-electron chi connectivity index (χ3n) is 1.27. The van der Waals surface area contributed by atoms with Gasteiger partial charge in [-0.25, -0.2) is 0 Å². The van der Waals surface area contributed by atoms with Crippen LogP contribution in [-0.2, 0) is 19.5 Å². The average Bonchev–Trinajstić information content (AvgIpc) is 1.68. The van der Waals surface area contributed by atoms with E-state index < -0.39 is 0 Å². The Morgan fingerprint density at radius 1 is 1.44 bits per heavy atom. The minimum Gasteiger partial charge on any atom is -0.343 e. The van der Waals surface area contributed by atoms with Gasteiger partial charge in [-0.05, 0) is 0 Å². The summed E-state index contributed by atoms with van der Waals surface area (Å²) in [6.07, 6.45) is 3.73. The molecule has 0 aliphatic rings. The molecule has 0 aliphatic heterocycles. The monoisotopic (exact) mass is 199 g/mol. The quantitative estimate of drug-likeness (QED) is 0.486. The van der Waals surface area contributed by atoms with Crippen molar-refractivity contribution in [1.29, 1.82) is 0 Å². The van der Waals surface area contributed by atoms with E-state index in [2.05, 4.69) is 20.8 Å². The summed E-state index contributed by atoms with van der Waals surface area (Å²) in [7, 11) is 0. The Balaban J connectivity index is -0.000000180. The molecule has 0 N–H and O–H groups in total. The van der Waals surface area contributed by atoms with Crippen LogP contribution in [0.5, 0.6) is 0 Å². The predicted molar refractivity (Wildman–Crippen MR) is 41.3 cm³/mol. The molecule has 0 aromatic rings. The molecule has 0 saturated heterocycles. The second-order valence-electron chi connectivity index (χ2n) is 2.18. The molecule has 0 saturated carbocycles. The Hall–Kier alpha value is 0.913. The van der Waals surface area contributed by atoms with Gasteiger partial charge in [0, 0.05) is 19.5 Å². The molecular weight excluding hydrogens is 185 g/mol. The zero-order valence-electron chi connectivity index (χ0n) is 6.52. The summed E-state index contributed by atoms with van der Waals surface area (Å²) >= 11 is 0. The van der Waals surface area contributed by atoms with Crippen LogP contribution >= 0.6 is 12.4 Å². The van der Waals surface area contributed by atoms with Gasteiger partial charge in [-0.3, -0.25) is 0 Å². The van der Waals surface area contributed by atoms with Gasteiger partial charge in [-0.1, -0.05) is 32.6 Å². The Labute approximate surface area is 78.0 Å². The smallest absolute Gasteiger partial charge is 0 e. The molecule has 0 rings (SSSR count). The van der Waals surface area contributed by atoms with Gasteiger partial charge in [0.2, 0.25) is 0 Å². The van der Waals surface area contributed by atoms with Crippen molar-refractivity contribution in [3.63, 3.8) is 0 Å². The molecule has 2 heteroatoms. The molecule has 0 aromatic heterocycles. The number of hydrogen-bond donors (Lipinski definition) is 0. The number of hydrogen-bond acceptors (Lipinski definition) is 0. The Kier molecular flexibility index (Phi) is 21.4. The molecule has 1 atom stereocenters. The van der Waals surface area contributed by atoms with E-state index in [1.54, 1.807) is 0 Å². The zero-order valence-corrected chi connectivity index (χ0v) is 10.3. The number of halogens is 1. The molecule has 0 heterocycles. The first-order valence-corrected chi connectivity index (χ1v) is 3.10. The molecule has 54 valence electrons. The Morgan fingerprint density at radius 3 is 2.00 bits per heavy atom. The molecule has 0 nitrogen and oxygen atoms in total. The van der Waals surface area contributed by atoms with Crippen LogP contribution in [0, 0.1) is 12.8 Å². The van der Waals surface area contributed by atoms with E-state index in [0.29, 0.717) is 0 Å². The first kappa shape index (κ1) is 16.5. The maximum Gasteiger partial charge on any atom is 0 e. The van der Waals surface area contributed by atoms with Gasteiger partial charge in [-0.15, -0.1) is 12.4 Å². The fraction of sp³-hybridized carbons (Fsp3) is 0.857. The van der Waals surface area contributed by atoms with Crippen molar-refractivity contribution in [2.24, 2.45) is 5.92 Å². The Bertz CT molecular complexity index is 39.9. The van der Waals surface area contributed by atoms with Crippen molar-refractivity contribution in [2.45, 2.75) is 33.1 Å². The molecular formula is C7H16ClZn-. The van der Waals surface area contributed by atoms with Crippen LogP contribution in [0.2, 0.25) is 0 Å². The Morgan fingerprint density at radius 2 is 1.89 bits per heavy atom. The van der Waals surface area contributed by atoms with E-state index in [9.17, 15) is 0 Å². The molecule has 0 fully saturated rings. The summed E-state index contributed by atoms with van der Waals surface area (Å²) in [6, 6.07) is 0. The first-order valence-electron chi connectivity index (χ1n) is 3.10. The van der Waals surface area contributed by atoms with Crippen LogP contribution in [0.25, 0.3) is 0 Å². The molecule has 0 spiro atoms. The predicted octanol–water partition coefficient (Wildman–Crippen LogP) is 3.07. The van der Waals surface area contributed by atoms with Crippen molar-refractivity contribution >= 4 is 12.4 Å². The molecule has 0 amide bonds. The van der Waals surface area contributed by atoms with Crippen molar-refractivity contribution in [1.82, 2.24) is 0 Å². The van der Waals surface area contributed by atoms with E-state index in [1.165, 1.54) is 12.8 Å². The summed E-state index contributed by atoms with van der Waals surface area (Å²) in [6.45, 7) is 8.27. The molecule has 0 bridgehead atoms. The maximum absolute atomic E-state index is 3.80. The second kappa shape index (κ2) is 11.7. The average molecular weight is 201 g/mol. The van der Waals surface area contributed by atoms with Gasteiger partial charge in [0.15, 0.2) is 0 Å². The van der Waals surface area contributed by atoms with Gasteiger partial charge in [0.1, 0.15) is 0 Å². The summed E-state index contributed by atoms with van der Waals surface area (Å²) in [5.74, 6) is 0.838. The van der Waals surface area contributed by atoms with Crippen LogP contribution in [0.3, 0.4) is 0 Å². The van der Waals surface area contributed by atoms with Crippen LogP contribution in [-0.4, -0.2) is 0 Å². The summed E-state index contributed by atoms with van der Waals surface area (Å²) < 4.78 is 0. The van der Waals surface area contributed by atoms with E-state index >= 15 is 0 Å². The molecule has 0 radical (unpaired) electrons. The fourth-order valence-electron chi connectivity index (χ4n) is 0.637. The van der Waals surface area contributed by atoms with Gasteiger partial charge >= 0.3 is 0 Å². The topological polar surface area (TPSA) is 0 Å². The fourth-order valence-corrected chi connectivity index (χ4v) is 0.637. The van der Waals surface area contributed by atoms with Crippen LogP contribution in [0.15, 0.2) is 0 Å². The van der Waals surface area contributed by atoms with Crippen molar-refractivity contribution in [3.05, 3.63) is 6.92 Å². The van der Waals surface area contributed by atoms with E-state index in [4.69, 9.17) is 0 Å². The second-order valence-corrected chi connectivity index (χ2v) is 2.18. The standard InChI is InChI=1S/C7H15.ClH.Zn/c1-4-6-7(3)5-2;;/h7H,2,4-6H2,1,3H3;1H;/q-1;;. The van der Waals surface area contributed by atoms with E-state index in [1.807, 2.05) is 0 Å². The summed E-state index contributed by atoms with van der Waals surface area (Å²) in [5.41, 5.74) is 0. The normalized spacial score (nSPS) is 11.0. The van der Waals surface area contributed by atoms with E-state index in [0.717, 1.165) is 12.3 Å².